The molecule has 0 unspecified atom stereocenters. The Hall–Kier alpha value is -3.27. The fraction of sp³-hybridized carbons (Fsp3) is 0.130. The molecule has 174 valence electrons. The van der Waals surface area contributed by atoms with Gasteiger partial charge in [-0.25, -0.2) is 9.37 Å². The van der Waals surface area contributed by atoms with Gasteiger partial charge in [-0.1, -0.05) is 29.3 Å². The Morgan fingerprint density at radius 2 is 1.85 bits per heavy atom. The van der Waals surface area contributed by atoms with Gasteiger partial charge in [0.1, 0.15) is 17.2 Å². The van der Waals surface area contributed by atoms with Crippen molar-refractivity contribution in [2.24, 2.45) is 0 Å². The third-order valence-electron chi connectivity index (χ3n) is 5.07. The lowest BCUT2D eigenvalue weighted by Crippen LogP contribution is -2.28. The number of amides is 2. The zero-order chi connectivity index (χ0) is 24.6. The summed E-state index contributed by atoms with van der Waals surface area (Å²) in [6.45, 7) is 3.21. The van der Waals surface area contributed by atoms with E-state index in [1.54, 1.807) is 25.1 Å². The molecule has 0 spiro atoms. The van der Waals surface area contributed by atoms with E-state index >= 15 is 0 Å². The van der Waals surface area contributed by atoms with Crippen LogP contribution in [0.4, 0.5) is 15.8 Å². The summed E-state index contributed by atoms with van der Waals surface area (Å²) in [7, 11) is 0. The number of anilines is 2. The molecule has 0 saturated heterocycles. The molecule has 2 aromatic carbocycles. The molecule has 0 saturated carbocycles. The number of carbonyl (C=O) groups is 2. The van der Waals surface area contributed by atoms with E-state index in [0.717, 1.165) is 23.0 Å². The van der Waals surface area contributed by atoms with Gasteiger partial charge in [-0.15, -0.1) is 11.3 Å². The minimum Gasteiger partial charge on any atom is -0.324 e. The third-order valence-corrected chi connectivity index (χ3v) is 6.99. The van der Waals surface area contributed by atoms with Crippen LogP contribution in [-0.2, 0) is 11.3 Å². The molecule has 0 atom stereocenters. The van der Waals surface area contributed by atoms with Crippen LogP contribution in [0.3, 0.4) is 0 Å². The summed E-state index contributed by atoms with van der Waals surface area (Å²) in [6.07, 6.45) is 1.26. The number of nitrogens with zero attached hydrogens (tertiary/aromatic N) is 2. The number of aromatic nitrogens is 2. The predicted molar refractivity (Wildman–Crippen MR) is 133 cm³/mol. The molecule has 4 rings (SSSR count). The maximum absolute atomic E-state index is 13.3. The molecule has 0 fully saturated rings. The van der Waals surface area contributed by atoms with Crippen LogP contribution in [0.2, 0.25) is 10.0 Å². The summed E-state index contributed by atoms with van der Waals surface area (Å²) >= 11 is 13.1. The van der Waals surface area contributed by atoms with E-state index in [0.29, 0.717) is 21.1 Å². The van der Waals surface area contributed by atoms with Crippen molar-refractivity contribution in [2.75, 3.05) is 10.6 Å². The molecule has 2 N–H and O–H groups in total. The fourth-order valence-electron chi connectivity index (χ4n) is 3.28. The van der Waals surface area contributed by atoms with Crippen molar-refractivity contribution in [1.82, 2.24) is 9.55 Å². The molecule has 0 bridgehead atoms. The second kappa shape index (κ2) is 9.54. The van der Waals surface area contributed by atoms with E-state index in [1.807, 2.05) is 6.92 Å². The Morgan fingerprint density at radius 1 is 1.09 bits per heavy atom. The molecular weight excluding hydrogens is 502 g/mol. The zero-order valence-corrected chi connectivity index (χ0v) is 20.2. The first-order valence-electron chi connectivity index (χ1n) is 9.95. The van der Waals surface area contributed by atoms with Gasteiger partial charge < -0.3 is 10.6 Å². The number of thiophene rings is 1. The molecule has 34 heavy (non-hydrogen) atoms. The standard InChI is InChI=1S/C23H17Cl2FN4O3S/c1-11-3-5-14(8-15(11)24)28-18(31)9-30-10-27-22-19(23(30)33)12(2)20(34-22)21(32)29-17-6-4-13(26)7-16(17)25/h3-8,10H,9H2,1-2H3,(H,28,31)(H,29,32). The fourth-order valence-corrected chi connectivity index (χ4v) is 4.71. The van der Waals surface area contributed by atoms with E-state index < -0.39 is 23.2 Å². The Labute approximate surface area is 207 Å². The summed E-state index contributed by atoms with van der Waals surface area (Å²) in [4.78, 5) is 43.2. The van der Waals surface area contributed by atoms with Gasteiger partial charge in [-0.05, 0) is 55.3 Å². The summed E-state index contributed by atoms with van der Waals surface area (Å²) < 4.78 is 14.4. The molecule has 2 aromatic heterocycles. The molecule has 2 amide bonds. The highest BCUT2D eigenvalue weighted by atomic mass is 35.5. The minimum absolute atomic E-state index is 0.0495. The highest BCUT2D eigenvalue weighted by molar-refractivity contribution is 7.20. The Morgan fingerprint density at radius 3 is 2.56 bits per heavy atom. The van der Waals surface area contributed by atoms with Crippen molar-refractivity contribution in [3.8, 4) is 0 Å². The molecule has 11 heteroatoms. The first-order chi connectivity index (χ1) is 16.1. The first kappa shape index (κ1) is 23.9. The highest BCUT2D eigenvalue weighted by Gasteiger charge is 2.21. The Kier molecular flexibility index (Phi) is 6.70. The van der Waals surface area contributed by atoms with E-state index in [4.69, 9.17) is 23.2 Å². The number of fused-ring (bicyclic) bond motifs is 1. The number of aryl methyl sites for hydroxylation is 2. The normalized spacial score (nSPS) is 11.0. The van der Waals surface area contributed by atoms with Crippen molar-refractivity contribution < 1.29 is 14.0 Å². The van der Waals surface area contributed by atoms with Gasteiger partial charge in [0, 0.05) is 10.7 Å². The molecule has 0 aliphatic rings. The molecular formula is C23H17Cl2FN4O3S. The summed E-state index contributed by atoms with van der Waals surface area (Å²) in [5.74, 6) is -1.46. The highest BCUT2D eigenvalue weighted by Crippen LogP contribution is 2.29. The van der Waals surface area contributed by atoms with Crippen LogP contribution in [-0.4, -0.2) is 21.4 Å². The van der Waals surface area contributed by atoms with Crippen LogP contribution in [0.5, 0.6) is 0 Å². The van der Waals surface area contributed by atoms with Crippen LogP contribution in [0.25, 0.3) is 10.2 Å². The average Bonchev–Trinajstić information content (AvgIpc) is 3.12. The van der Waals surface area contributed by atoms with Gasteiger partial charge in [0.05, 0.1) is 27.3 Å². The third kappa shape index (κ3) is 4.82. The number of benzene rings is 2. The topological polar surface area (TPSA) is 93.1 Å². The monoisotopic (exact) mass is 518 g/mol. The molecule has 7 nitrogen and oxygen atoms in total. The summed E-state index contributed by atoms with van der Waals surface area (Å²) in [5.41, 5.74) is 1.60. The van der Waals surface area contributed by atoms with Crippen molar-refractivity contribution in [1.29, 1.82) is 0 Å². The number of nitrogens with one attached hydrogen (secondary N) is 2. The maximum atomic E-state index is 13.3. The van der Waals surface area contributed by atoms with Gasteiger partial charge in [0.15, 0.2) is 0 Å². The second-order valence-corrected chi connectivity index (χ2v) is 9.32. The van der Waals surface area contributed by atoms with E-state index in [1.165, 1.54) is 23.0 Å². The Bertz CT molecular complexity index is 1520. The maximum Gasteiger partial charge on any atom is 0.266 e. The van der Waals surface area contributed by atoms with Gasteiger partial charge in [-0.2, -0.15) is 0 Å². The van der Waals surface area contributed by atoms with E-state index in [2.05, 4.69) is 15.6 Å². The lowest BCUT2D eigenvalue weighted by atomic mass is 10.2. The number of carbonyl (C=O) groups excluding carboxylic acids is 2. The van der Waals surface area contributed by atoms with Crippen LogP contribution in [0.15, 0.2) is 47.5 Å². The Balaban J connectivity index is 1.58. The molecule has 0 aliphatic carbocycles. The van der Waals surface area contributed by atoms with Crippen molar-refractivity contribution in [2.45, 2.75) is 20.4 Å². The number of hydrogen-bond acceptors (Lipinski definition) is 5. The number of hydrogen-bond donors (Lipinski definition) is 2. The van der Waals surface area contributed by atoms with Crippen molar-refractivity contribution >= 4 is 67.9 Å². The molecule has 0 radical (unpaired) electrons. The molecule has 0 aliphatic heterocycles. The van der Waals surface area contributed by atoms with Gasteiger partial charge in [0.25, 0.3) is 11.5 Å². The summed E-state index contributed by atoms with van der Waals surface area (Å²) in [6, 6.07) is 8.73. The SMILES string of the molecule is Cc1ccc(NC(=O)Cn2cnc3sc(C(=O)Nc4ccc(F)cc4Cl)c(C)c3c2=O)cc1Cl. The van der Waals surface area contributed by atoms with Gasteiger partial charge >= 0.3 is 0 Å². The second-order valence-electron chi connectivity index (χ2n) is 7.50. The molecule has 4 aromatic rings. The summed E-state index contributed by atoms with van der Waals surface area (Å²) in [5, 5.41) is 6.12. The smallest absolute Gasteiger partial charge is 0.266 e. The van der Waals surface area contributed by atoms with Crippen LogP contribution in [0.1, 0.15) is 20.8 Å². The molecule has 2 heterocycles. The van der Waals surface area contributed by atoms with E-state index in [-0.39, 0.29) is 27.5 Å². The lowest BCUT2D eigenvalue weighted by molar-refractivity contribution is -0.116. The van der Waals surface area contributed by atoms with Gasteiger partial charge in [0.2, 0.25) is 5.91 Å². The largest absolute Gasteiger partial charge is 0.324 e. The van der Waals surface area contributed by atoms with Gasteiger partial charge in [-0.3, -0.25) is 19.0 Å². The zero-order valence-electron chi connectivity index (χ0n) is 17.9. The van der Waals surface area contributed by atoms with Crippen molar-refractivity contribution in [3.63, 3.8) is 0 Å². The van der Waals surface area contributed by atoms with Crippen LogP contribution >= 0.6 is 34.5 Å². The number of halogens is 3. The van der Waals surface area contributed by atoms with Crippen LogP contribution in [0, 0.1) is 19.7 Å². The average molecular weight is 519 g/mol. The predicted octanol–water partition coefficient (Wildman–Crippen LogP) is 5.41. The van der Waals surface area contributed by atoms with E-state index in [9.17, 15) is 18.8 Å². The van der Waals surface area contributed by atoms with Crippen LogP contribution < -0.4 is 16.2 Å². The van der Waals surface area contributed by atoms with Crippen molar-refractivity contribution in [3.05, 3.63) is 84.9 Å². The lowest BCUT2D eigenvalue weighted by Gasteiger charge is -2.08. The first-order valence-corrected chi connectivity index (χ1v) is 11.5. The quantitative estimate of drug-likeness (QED) is 0.369. The number of rotatable bonds is 5. The minimum atomic E-state index is -0.527.